The van der Waals surface area contributed by atoms with Crippen molar-refractivity contribution in [3.8, 4) is 0 Å². The number of quaternary nitrogens is 1. The first-order chi connectivity index (χ1) is 42.9. The van der Waals surface area contributed by atoms with Gasteiger partial charge in [0.15, 0.2) is 0 Å². The molecule has 0 heterocycles. The zero-order chi connectivity index (χ0) is 64.2. The van der Waals surface area contributed by atoms with Gasteiger partial charge in [-0.3, -0.25) is 14.2 Å². The highest BCUT2D eigenvalue weighted by Gasteiger charge is 2.27. The predicted molar refractivity (Wildman–Crippen MR) is 380 cm³/mol. The maximum absolute atomic E-state index is 13.6. The molecule has 0 fully saturated rings. The van der Waals surface area contributed by atoms with E-state index < -0.39 is 26.6 Å². The maximum atomic E-state index is 13.6. The lowest BCUT2D eigenvalue weighted by Crippen LogP contribution is -2.47. The van der Waals surface area contributed by atoms with E-state index in [1.807, 2.05) is 33.3 Å². The Kier molecular flexibility index (Phi) is 63.6. The number of rotatable bonds is 65. The van der Waals surface area contributed by atoms with Gasteiger partial charge in [-0.05, 0) is 122 Å². The van der Waals surface area contributed by atoms with E-state index in [0.717, 1.165) is 135 Å². The van der Waals surface area contributed by atoms with Crippen molar-refractivity contribution in [2.24, 2.45) is 0 Å². The second kappa shape index (κ2) is 66.3. The number of allylic oxidation sites excluding steroid dienone is 19. The minimum atomic E-state index is -4.72. The Morgan fingerprint density at radius 3 is 1.11 bits per heavy atom. The summed E-state index contributed by atoms with van der Waals surface area (Å²) in [4.78, 5) is 40.2. The van der Waals surface area contributed by atoms with Crippen molar-refractivity contribution in [3.05, 3.63) is 122 Å². The van der Waals surface area contributed by atoms with Crippen LogP contribution in [0.15, 0.2) is 122 Å². The topological polar surface area (TPSA) is 114 Å². The number of hydrogen-bond acceptors (Lipinski definition) is 7. The lowest BCUT2D eigenvalue weighted by atomic mass is 10.0. The zero-order valence-electron chi connectivity index (χ0n) is 57.9. The summed E-state index contributed by atoms with van der Waals surface area (Å²) in [5.74, 6) is -0.557. The Bertz CT molecular complexity index is 1920. The van der Waals surface area contributed by atoms with E-state index in [4.69, 9.17) is 13.8 Å². The molecular weight excluding hydrogens is 1110 g/mol. The maximum Gasteiger partial charge on any atom is 0.306 e. The first-order valence-corrected chi connectivity index (χ1v) is 37.8. The van der Waals surface area contributed by atoms with Crippen LogP contribution in [-0.4, -0.2) is 69.4 Å². The van der Waals surface area contributed by atoms with Crippen LogP contribution in [0, 0.1) is 0 Å². The van der Waals surface area contributed by atoms with Crippen molar-refractivity contribution in [2.75, 3.05) is 40.9 Å². The molecule has 0 saturated carbocycles. The van der Waals surface area contributed by atoms with Crippen molar-refractivity contribution in [1.29, 1.82) is 0 Å². The fourth-order valence-corrected chi connectivity index (χ4v) is 10.8. The number of esters is 1. The summed E-state index contributed by atoms with van der Waals surface area (Å²) in [6.45, 7) is 6.70. The Morgan fingerprint density at radius 1 is 0.409 bits per heavy atom. The molecule has 9 nitrogen and oxygen atoms in total. The molecule has 10 heteroatoms. The number of amides is 1. The predicted octanol–water partition coefficient (Wildman–Crippen LogP) is 22.8. The van der Waals surface area contributed by atoms with Crippen LogP contribution in [0.5, 0.6) is 0 Å². The first kappa shape index (κ1) is 84.4. The molecule has 0 spiro atoms. The molecular formula is C78H137N2O7P. The second-order valence-electron chi connectivity index (χ2n) is 25.4. The van der Waals surface area contributed by atoms with Gasteiger partial charge in [0.1, 0.15) is 19.3 Å². The van der Waals surface area contributed by atoms with Crippen molar-refractivity contribution < 1.29 is 37.3 Å². The monoisotopic (exact) mass is 1250 g/mol. The number of phosphoric acid groups is 1. The largest absolute Gasteiger partial charge is 0.756 e. The molecule has 0 aromatic heterocycles. The molecule has 0 aliphatic heterocycles. The zero-order valence-corrected chi connectivity index (χ0v) is 58.8. The van der Waals surface area contributed by atoms with Gasteiger partial charge in [0.2, 0.25) is 5.91 Å². The van der Waals surface area contributed by atoms with E-state index >= 15 is 0 Å². The SMILES string of the molecule is CC/C=C\C/C=C\C/C=C\C/C=C\C/C=C\CCCCCCCCCCCCCC(=O)OC(/C=C/CCCCCCCCCCCC)C(COP(=O)([O-])OCC[N+](C)(C)C)NC(=O)CCCCCCCCC/C=C\C/C=C\C/C=C\C/C=C\CCCCC. The molecule has 0 saturated heterocycles. The highest BCUT2D eigenvalue weighted by atomic mass is 31.2. The average molecular weight is 1250 g/mol. The fraction of sp³-hybridized carbons (Fsp3) is 0.718. The number of unbranched alkanes of at least 4 members (excludes halogenated alkanes) is 31. The standard InChI is InChI=1S/C78H137N2O7P/c1-7-10-13-16-19-22-25-28-30-32-34-36-38-39-40-41-43-45-47-49-51-53-56-59-62-65-68-71-78(82)87-76(69-66-63-60-57-54-27-24-21-18-15-12-9-3)75(74-86-88(83,84)85-73-72-80(4,5)6)79-77(81)70-67-64-61-58-55-52-50-48-46-44-42-37-35-33-31-29-26-23-20-17-14-11-8-2/h10,13,19-20,22-23,28-31,34-37,39-40,44,46,66,69,75-76H,7-9,11-12,14-18,21,24-27,32-33,38,41-43,45,47-65,67-68,70-74H2,1-6H3,(H-,79,81,83,84)/b13-10-,22-19-,23-20-,30-28-,31-29-,36-34-,37-35-,40-39-,46-44-,69-66+. The molecule has 0 rings (SSSR count). The van der Waals surface area contributed by atoms with Crippen molar-refractivity contribution in [1.82, 2.24) is 5.32 Å². The highest BCUT2D eigenvalue weighted by molar-refractivity contribution is 7.45. The smallest absolute Gasteiger partial charge is 0.306 e. The molecule has 3 atom stereocenters. The van der Waals surface area contributed by atoms with E-state index in [-0.39, 0.29) is 24.9 Å². The molecule has 1 amide bonds. The van der Waals surface area contributed by atoms with E-state index in [1.165, 1.54) is 141 Å². The summed E-state index contributed by atoms with van der Waals surface area (Å²) < 4.78 is 30.5. The lowest BCUT2D eigenvalue weighted by molar-refractivity contribution is -0.870. The van der Waals surface area contributed by atoms with Gasteiger partial charge in [0, 0.05) is 12.8 Å². The van der Waals surface area contributed by atoms with Crippen LogP contribution in [-0.2, 0) is 27.9 Å². The molecule has 0 radical (unpaired) electrons. The Balaban J connectivity index is 5.08. The summed E-state index contributed by atoms with van der Waals surface area (Å²) in [5.41, 5.74) is 0. The van der Waals surface area contributed by atoms with Gasteiger partial charge in [0.25, 0.3) is 7.82 Å². The van der Waals surface area contributed by atoms with E-state index in [1.54, 1.807) is 0 Å². The number of nitrogens with zero attached hydrogens (tertiary/aromatic N) is 1. The fourth-order valence-electron chi connectivity index (χ4n) is 10.1. The van der Waals surface area contributed by atoms with Gasteiger partial charge < -0.3 is 28.5 Å². The molecule has 88 heavy (non-hydrogen) atoms. The molecule has 0 aromatic rings. The van der Waals surface area contributed by atoms with Gasteiger partial charge >= 0.3 is 5.97 Å². The number of carbonyl (C=O) groups excluding carboxylic acids is 2. The highest BCUT2D eigenvalue weighted by Crippen LogP contribution is 2.38. The van der Waals surface area contributed by atoms with Crippen LogP contribution in [0.3, 0.4) is 0 Å². The molecule has 0 aliphatic carbocycles. The minimum absolute atomic E-state index is 0.0304. The quantitative estimate of drug-likeness (QED) is 0.0212. The van der Waals surface area contributed by atoms with Gasteiger partial charge in [-0.1, -0.05) is 297 Å². The van der Waals surface area contributed by atoms with Crippen LogP contribution in [0.1, 0.15) is 310 Å². The van der Waals surface area contributed by atoms with E-state index in [0.29, 0.717) is 17.4 Å². The van der Waals surface area contributed by atoms with Crippen LogP contribution in [0.2, 0.25) is 0 Å². The lowest BCUT2D eigenvalue weighted by Gasteiger charge is -2.30. The van der Waals surface area contributed by atoms with Crippen molar-refractivity contribution in [3.63, 3.8) is 0 Å². The number of phosphoric ester groups is 1. The Morgan fingerprint density at radius 2 is 0.727 bits per heavy atom. The first-order valence-electron chi connectivity index (χ1n) is 36.3. The van der Waals surface area contributed by atoms with Crippen LogP contribution in [0.4, 0.5) is 0 Å². The number of carbonyl (C=O) groups is 2. The summed E-state index contributed by atoms with van der Waals surface area (Å²) >= 11 is 0. The van der Waals surface area contributed by atoms with Crippen molar-refractivity contribution >= 4 is 19.7 Å². The third-order valence-electron chi connectivity index (χ3n) is 15.6. The molecule has 506 valence electrons. The molecule has 1 N–H and O–H groups in total. The van der Waals surface area contributed by atoms with Crippen LogP contribution in [0.25, 0.3) is 0 Å². The summed E-state index contributed by atoms with van der Waals surface area (Å²) in [5, 5.41) is 3.04. The van der Waals surface area contributed by atoms with Gasteiger partial charge in [-0.15, -0.1) is 0 Å². The van der Waals surface area contributed by atoms with Crippen LogP contribution < -0.4 is 10.2 Å². The Hall–Kier alpha value is -3.59. The number of hydrogen-bond donors (Lipinski definition) is 1. The normalized spacial score (nSPS) is 14.2. The minimum Gasteiger partial charge on any atom is -0.756 e. The average Bonchev–Trinajstić information content (AvgIpc) is 3.61. The van der Waals surface area contributed by atoms with E-state index in [9.17, 15) is 19.0 Å². The number of ether oxygens (including phenoxy) is 1. The summed E-state index contributed by atoms with van der Waals surface area (Å²) in [6.07, 6.45) is 93.2. The molecule has 3 unspecified atom stereocenters. The number of nitrogens with one attached hydrogen (secondary N) is 1. The molecule has 0 aromatic carbocycles. The molecule has 0 bridgehead atoms. The molecule has 0 aliphatic rings. The third-order valence-corrected chi connectivity index (χ3v) is 16.6. The van der Waals surface area contributed by atoms with Crippen LogP contribution >= 0.6 is 7.82 Å². The third kappa shape index (κ3) is 66.8. The van der Waals surface area contributed by atoms with Crippen molar-refractivity contribution in [2.45, 2.75) is 322 Å². The summed E-state index contributed by atoms with van der Waals surface area (Å²) in [7, 11) is 1.17. The van der Waals surface area contributed by atoms with Gasteiger partial charge in [0.05, 0.1) is 33.8 Å². The number of likely N-dealkylation sites (N-methyl/N-ethyl adjacent to an activating group) is 1. The van der Waals surface area contributed by atoms with E-state index in [2.05, 4.69) is 135 Å². The van der Waals surface area contributed by atoms with Gasteiger partial charge in [-0.2, -0.15) is 0 Å². The van der Waals surface area contributed by atoms with Gasteiger partial charge in [-0.25, -0.2) is 0 Å². The Labute approximate surface area is 543 Å². The second-order valence-corrected chi connectivity index (χ2v) is 26.8. The summed E-state index contributed by atoms with van der Waals surface area (Å²) in [6, 6.07) is -0.904.